The summed E-state index contributed by atoms with van der Waals surface area (Å²) in [6.07, 6.45) is 0. The monoisotopic (exact) mass is 277 g/mol. The second-order valence-corrected chi connectivity index (χ2v) is 5.41. The zero-order chi connectivity index (χ0) is 13.8. The summed E-state index contributed by atoms with van der Waals surface area (Å²) in [4.78, 5) is 14.7. The van der Waals surface area contributed by atoms with E-state index in [9.17, 15) is 10.1 Å². The highest BCUT2D eigenvalue weighted by atomic mass is 32.1. The number of non-ortho nitro benzene ring substituents is 1. The molecule has 0 atom stereocenters. The lowest BCUT2D eigenvalue weighted by molar-refractivity contribution is -0.384. The highest BCUT2D eigenvalue weighted by molar-refractivity contribution is 7.09. The molecular formula is C13H15N3O2S. The summed E-state index contributed by atoms with van der Waals surface area (Å²) >= 11 is 1.59. The van der Waals surface area contributed by atoms with Gasteiger partial charge in [0.25, 0.3) is 5.69 Å². The van der Waals surface area contributed by atoms with Gasteiger partial charge in [-0.15, -0.1) is 11.3 Å². The Balaban J connectivity index is 2.11. The Morgan fingerprint density at radius 3 is 2.63 bits per heavy atom. The van der Waals surface area contributed by atoms with Crippen LogP contribution in [0.2, 0.25) is 0 Å². The van der Waals surface area contributed by atoms with Crippen molar-refractivity contribution < 1.29 is 4.92 Å². The third-order valence-corrected chi connectivity index (χ3v) is 3.44. The van der Waals surface area contributed by atoms with Crippen LogP contribution in [0.15, 0.2) is 29.6 Å². The SMILES string of the molecule is CC(C)NCc1nc(-c2ccc([N+](=O)[O-])cc2)cs1. The average molecular weight is 277 g/mol. The van der Waals surface area contributed by atoms with E-state index in [1.807, 2.05) is 5.38 Å². The number of nitro groups is 1. The van der Waals surface area contributed by atoms with Crippen molar-refractivity contribution in [2.45, 2.75) is 26.4 Å². The van der Waals surface area contributed by atoms with Crippen LogP contribution < -0.4 is 5.32 Å². The quantitative estimate of drug-likeness (QED) is 0.673. The zero-order valence-corrected chi connectivity index (χ0v) is 11.6. The van der Waals surface area contributed by atoms with Gasteiger partial charge in [-0.1, -0.05) is 13.8 Å². The first-order chi connectivity index (χ1) is 9.06. The molecule has 0 radical (unpaired) electrons. The number of hydrogen-bond acceptors (Lipinski definition) is 5. The van der Waals surface area contributed by atoms with Crippen LogP contribution in [-0.4, -0.2) is 15.9 Å². The van der Waals surface area contributed by atoms with E-state index in [4.69, 9.17) is 0 Å². The fourth-order valence-corrected chi connectivity index (χ4v) is 2.32. The van der Waals surface area contributed by atoms with Gasteiger partial charge in [0.2, 0.25) is 0 Å². The third-order valence-electron chi connectivity index (χ3n) is 2.59. The maximum atomic E-state index is 10.6. The molecule has 19 heavy (non-hydrogen) atoms. The minimum Gasteiger partial charge on any atom is -0.308 e. The number of nitrogens with one attached hydrogen (secondary N) is 1. The van der Waals surface area contributed by atoms with E-state index in [2.05, 4.69) is 24.1 Å². The first-order valence-electron chi connectivity index (χ1n) is 5.99. The van der Waals surface area contributed by atoms with Gasteiger partial charge in [-0.2, -0.15) is 0 Å². The molecule has 1 aromatic heterocycles. The molecule has 2 aromatic rings. The first-order valence-corrected chi connectivity index (χ1v) is 6.87. The first kappa shape index (κ1) is 13.6. The molecule has 0 unspecified atom stereocenters. The molecule has 0 aliphatic rings. The topological polar surface area (TPSA) is 68.1 Å². The fourth-order valence-electron chi connectivity index (χ4n) is 1.57. The summed E-state index contributed by atoms with van der Waals surface area (Å²) < 4.78 is 0. The van der Waals surface area contributed by atoms with Crippen molar-refractivity contribution in [3.8, 4) is 11.3 Å². The molecule has 0 spiro atoms. The second kappa shape index (κ2) is 5.90. The Bertz CT molecular complexity index is 564. The second-order valence-electron chi connectivity index (χ2n) is 4.47. The Morgan fingerprint density at radius 1 is 1.37 bits per heavy atom. The predicted molar refractivity (Wildman–Crippen MR) is 76.2 cm³/mol. The van der Waals surface area contributed by atoms with Gasteiger partial charge in [-0.3, -0.25) is 10.1 Å². The molecule has 1 heterocycles. The summed E-state index contributed by atoms with van der Waals surface area (Å²) in [7, 11) is 0. The number of benzene rings is 1. The Morgan fingerprint density at radius 2 is 2.05 bits per heavy atom. The van der Waals surface area contributed by atoms with Crippen LogP contribution in [0.4, 0.5) is 5.69 Å². The van der Waals surface area contributed by atoms with E-state index >= 15 is 0 Å². The van der Waals surface area contributed by atoms with Gasteiger partial charge in [0, 0.05) is 35.7 Å². The van der Waals surface area contributed by atoms with E-state index in [1.54, 1.807) is 23.5 Å². The Hall–Kier alpha value is -1.79. The van der Waals surface area contributed by atoms with Crippen LogP contribution in [0, 0.1) is 10.1 Å². The molecule has 5 nitrogen and oxygen atoms in total. The minimum absolute atomic E-state index is 0.0978. The number of aromatic nitrogens is 1. The summed E-state index contributed by atoms with van der Waals surface area (Å²) in [5, 5.41) is 16.9. The Labute approximate surface area is 115 Å². The summed E-state index contributed by atoms with van der Waals surface area (Å²) in [5.74, 6) is 0. The molecule has 100 valence electrons. The summed E-state index contributed by atoms with van der Waals surface area (Å²) in [5.41, 5.74) is 1.86. The fraction of sp³-hybridized carbons (Fsp3) is 0.308. The van der Waals surface area contributed by atoms with Crippen molar-refractivity contribution in [3.63, 3.8) is 0 Å². The van der Waals surface area contributed by atoms with E-state index in [0.29, 0.717) is 6.04 Å². The number of nitro benzene ring substituents is 1. The van der Waals surface area contributed by atoms with Crippen molar-refractivity contribution in [3.05, 3.63) is 44.8 Å². The van der Waals surface area contributed by atoms with Gasteiger partial charge in [0.1, 0.15) is 5.01 Å². The van der Waals surface area contributed by atoms with E-state index < -0.39 is 4.92 Å². The molecule has 1 N–H and O–H groups in total. The van der Waals surface area contributed by atoms with Crippen LogP contribution in [0.25, 0.3) is 11.3 Å². The van der Waals surface area contributed by atoms with Gasteiger partial charge in [-0.25, -0.2) is 4.98 Å². The van der Waals surface area contributed by atoms with Crippen molar-refractivity contribution in [1.82, 2.24) is 10.3 Å². The largest absolute Gasteiger partial charge is 0.308 e. The lowest BCUT2D eigenvalue weighted by Crippen LogP contribution is -2.21. The lowest BCUT2D eigenvalue weighted by Gasteiger charge is -2.04. The molecule has 6 heteroatoms. The summed E-state index contributed by atoms with van der Waals surface area (Å²) in [6.45, 7) is 4.92. The molecule has 0 bridgehead atoms. The van der Waals surface area contributed by atoms with Crippen LogP contribution in [0.5, 0.6) is 0 Å². The third kappa shape index (κ3) is 3.59. The molecular weight excluding hydrogens is 262 g/mol. The van der Waals surface area contributed by atoms with Crippen LogP contribution in [0.3, 0.4) is 0 Å². The highest BCUT2D eigenvalue weighted by Crippen LogP contribution is 2.24. The molecule has 0 saturated heterocycles. The van der Waals surface area contributed by atoms with E-state index in [-0.39, 0.29) is 5.69 Å². The van der Waals surface area contributed by atoms with Crippen molar-refractivity contribution in [2.24, 2.45) is 0 Å². The number of thiazole rings is 1. The maximum Gasteiger partial charge on any atom is 0.269 e. The van der Waals surface area contributed by atoms with Crippen LogP contribution in [-0.2, 0) is 6.54 Å². The summed E-state index contributed by atoms with van der Waals surface area (Å²) in [6, 6.07) is 6.88. The zero-order valence-electron chi connectivity index (χ0n) is 10.8. The number of hydrogen-bond donors (Lipinski definition) is 1. The Kier molecular flexibility index (Phi) is 4.24. The molecule has 1 aromatic carbocycles. The van der Waals surface area contributed by atoms with Crippen molar-refractivity contribution in [1.29, 1.82) is 0 Å². The molecule has 0 aliphatic heterocycles. The highest BCUT2D eigenvalue weighted by Gasteiger charge is 2.08. The lowest BCUT2D eigenvalue weighted by atomic mass is 10.1. The molecule has 0 saturated carbocycles. The molecule has 0 fully saturated rings. The van der Waals surface area contributed by atoms with Gasteiger partial charge in [-0.05, 0) is 12.1 Å². The standard InChI is InChI=1S/C13H15N3O2S/c1-9(2)14-7-13-15-12(8-19-13)10-3-5-11(6-4-10)16(17)18/h3-6,8-9,14H,7H2,1-2H3. The number of nitrogens with zero attached hydrogens (tertiary/aromatic N) is 2. The van der Waals surface area contributed by atoms with Crippen molar-refractivity contribution in [2.75, 3.05) is 0 Å². The molecule has 0 amide bonds. The number of rotatable bonds is 5. The van der Waals surface area contributed by atoms with Crippen molar-refractivity contribution >= 4 is 17.0 Å². The molecule has 2 rings (SSSR count). The van der Waals surface area contributed by atoms with Gasteiger partial charge >= 0.3 is 0 Å². The molecule has 0 aliphatic carbocycles. The van der Waals surface area contributed by atoms with E-state index in [1.165, 1.54) is 12.1 Å². The van der Waals surface area contributed by atoms with Crippen LogP contribution >= 0.6 is 11.3 Å². The average Bonchev–Trinajstić information content (AvgIpc) is 2.85. The van der Waals surface area contributed by atoms with Gasteiger partial charge in [0.05, 0.1) is 10.6 Å². The van der Waals surface area contributed by atoms with Gasteiger partial charge in [0.15, 0.2) is 0 Å². The predicted octanol–water partition coefficient (Wildman–Crippen LogP) is 3.22. The van der Waals surface area contributed by atoms with Crippen LogP contribution in [0.1, 0.15) is 18.9 Å². The smallest absolute Gasteiger partial charge is 0.269 e. The van der Waals surface area contributed by atoms with Gasteiger partial charge < -0.3 is 5.32 Å². The normalized spacial score (nSPS) is 10.9. The minimum atomic E-state index is -0.400. The maximum absolute atomic E-state index is 10.6. The van der Waals surface area contributed by atoms with E-state index in [0.717, 1.165) is 22.8 Å².